The quantitative estimate of drug-likeness (QED) is 0.111. The van der Waals surface area contributed by atoms with Crippen LogP contribution < -0.4 is 0 Å². The molecule has 2 heteroatoms. The van der Waals surface area contributed by atoms with Crippen molar-refractivity contribution in [3.63, 3.8) is 0 Å². The van der Waals surface area contributed by atoms with E-state index in [-0.39, 0.29) is 11.9 Å². The van der Waals surface area contributed by atoms with Gasteiger partial charge in [-0.15, -0.1) is 0 Å². The van der Waals surface area contributed by atoms with Crippen LogP contribution in [-0.4, -0.2) is 12.6 Å². The maximum atomic E-state index is 13.5. The summed E-state index contributed by atoms with van der Waals surface area (Å²) >= 11 is 0. The van der Waals surface area contributed by atoms with Crippen LogP contribution in [-0.2, 0) is 9.53 Å². The molecule has 2 nitrogen and oxygen atoms in total. The molecule has 13 unspecified atom stereocenters. The Bertz CT molecular complexity index is 1030. The molecule has 0 heterocycles. The smallest absolute Gasteiger partial charge is 0.309 e. The van der Waals surface area contributed by atoms with Crippen molar-refractivity contribution in [2.75, 3.05) is 6.61 Å². The highest BCUT2D eigenvalue weighted by molar-refractivity contribution is 5.73. The normalized spacial score (nSPS) is 40.3. The minimum atomic E-state index is 0.196. The lowest BCUT2D eigenvalue weighted by atomic mass is 9.48. The van der Waals surface area contributed by atoms with Crippen LogP contribution in [0.25, 0.3) is 0 Å². The molecule has 7 rings (SSSR count). The summed E-state index contributed by atoms with van der Waals surface area (Å²) in [6, 6.07) is 0. The first kappa shape index (κ1) is 38.7. The highest BCUT2D eigenvalue weighted by atomic mass is 16.5. The predicted octanol–water partition coefficient (Wildman–Crippen LogP) is 14.4. The Kier molecular flexibility index (Phi) is 14.7. The van der Waals surface area contributed by atoms with E-state index in [1.165, 1.54) is 128 Å². The Morgan fingerprint density at radius 1 is 0.431 bits per heavy atom. The number of hydrogen-bond donors (Lipinski definition) is 0. The molecule has 0 radical (unpaired) electrons. The van der Waals surface area contributed by atoms with Gasteiger partial charge in [0.2, 0.25) is 0 Å². The fraction of sp³-hybridized carbons (Fsp3) is 0.980. The maximum absolute atomic E-state index is 13.5. The molecule has 0 N–H and O–H groups in total. The molecule has 7 saturated carbocycles. The van der Waals surface area contributed by atoms with Gasteiger partial charge in [0.25, 0.3) is 0 Å². The summed E-state index contributed by atoms with van der Waals surface area (Å²) in [4.78, 5) is 13.5. The minimum Gasteiger partial charge on any atom is -0.465 e. The van der Waals surface area contributed by atoms with Crippen molar-refractivity contribution in [2.24, 2.45) is 82.9 Å². The van der Waals surface area contributed by atoms with Crippen LogP contribution >= 0.6 is 0 Å². The number of carbonyl (C=O) groups is 1. The van der Waals surface area contributed by atoms with E-state index in [4.69, 9.17) is 4.74 Å². The van der Waals surface area contributed by atoms with Crippen molar-refractivity contribution in [1.82, 2.24) is 0 Å². The monoisotopic (exact) mass is 705 g/mol. The number of hydrogen-bond acceptors (Lipinski definition) is 2. The third-order valence-corrected chi connectivity index (χ3v) is 17.4. The minimum absolute atomic E-state index is 0.196. The van der Waals surface area contributed by atoms with Gasteiger partial charge in [0.15, 0.2) is 0 Å². The summed E-state index contributed by atoms with van der Waals surface area (Å²) in [5.41, 5.74) is 0. The molecule has 0 aromatic rings. The fourth-order valence-corrected chi connectivity index (χ4v) is 14.8. The topological polar surface area (TPSA) is 26.3 Å². The number of ether oxygens (including phenoxy) is 1. The maximum Gasteiger partial charge on any atom is 0.309 e. The van der Waals surface area contributed by atoms with Crippen LogP contribution in [0.15, 0.2) is 0 Å². The van der Waals surface area contributed by atoms with Gasteiger partial charge in [0.05, 0.1) is 12.5 Å². The summed E-state index contributed by atoms with van der Waals surface area (Å²) in [6.07, 6.45) is 44.7. The molecule has 7 aliphatic rings. The Morgan fingerprint density at radius 2 is 0.804 bits per heavy atom. The lowest BCUT2D eigenvalue weighted by Gasteiger charge is -2.57. The lowest BCUT2D eigenvalue weighted by molar-refractivity contribution is -0.156. The molecule has 0 aliphatic heterocycles. The molecule has 0 aromatic carbocycles. The molecular weight excluding hydrogens is 621 g/mol. The molecule has 0 spiro atoms. The van der Waals surface area contributed by atoms with Gasteiger partial charge >= 0.3 is 5.97 Å². The average molecular weight is 705 g/mol. The van der Waals surface area contributed by atoms with Crippen LogP contribution in [0.2, 0.25) is 0 Å². The molecule has 51 heavy (non-hydrogen) atoms. The van der Waals surface area contributed by atoms with Crippen molar-refractivity contribution in [2.45, 2.75) is 213 Å². The first-order valence-electron chi connectivity index (χ1n) is 24.2. The van der Waals surface area contributed by atoms with Gasteiger partial charge in [-0.25, -0.2) is 0 Å². The van der Waals surface area contributed by atoms with Gasteiger partial charge in [-0.05, 0) is 154 Å². The van der Waals surface area contributed by atoms with E-state index in [1.54, 1.807) is 57.8 Å². The fourth-order valence-electron chi connectivity index (χ4n) is 14.8. The average Bonchev–Trinajstić information content (AvgIpc) is 3.13. The van der Waals surface area contributed by atoms with E-state index >= 15 is 0 Å². The van der Waals surface area contributed by atoms with E-state index < -0.39 is 0 Å². The third kappa shape index (κ3) is 10.4. The molecule has 7 aliphatic carbocycles. The van der Waals surface area contributed by atoms with E-state index in [0.29, 0.717) is 12.5 Å². The second kappa shape index (κ2) is 19.4. The molecule has 0 aromatic heterocycles. The van der Waals surface area contributed by atoms with Gasteiger partial charge in [0, 0.05) is 0 Å². The van der Waals surface area contributed by atoms with E-state index in [9.17, 15) is 4.79 Å². The highest BCUT2D eigenvalue weighted by Crippen LogP contribution is 2.61. The molecule has 292 valence electrons. The van der Waals surface area contributed by atoms with Crippen molar-refractivity contribution in [1.29, 1.82) is 0 Å². The summed E-state index contributed by atoms with van der Waals surface area (Å²) < 4.78 is 6.07. The van der Waals surface area contributed by atoms with Crippen LogP contribution in [0.4, 0.5) is 0 Å². The van der Waals surface area contributed by atoms with Crippen molar-refractivity contribution in [3.8, 4) is 0 Å². The predicted molar refractivity (Wildman–Crippen MR) is 214 cm³/mol. The summed E-state index contributed by atoms with van der Waals surface area (Å²) in [7, 11) is 0. The third-order valence-electron chi connectivity index (χ3n) is 17.4. The summed E-state index contributed by atoms with van der Waals surface area (Å²) in [5.74, 6) is 13.2. The van der Waals surface area contributed by atoms with Crippen molar-refractivity contribution >= 4 is 5.97 Å². The van der Waals surface area contributed by atoms with Crippen molar-refractivity contribution < 1.29 is 9.53 Å². The zero-order chi connectivity index (χ0) is 35.0. The Hall–Kier alpha value is -0.530. The number of esters is 1. The van der Waals surface area contributed by atoms with Crippen LogP contribution in [0.5, 0.6) is 0 Å². The second-order valence-corrected chi connectivity index (χ2v) is 21.1. The molecule has 13 atom stereocenters. The summed E-state index contributed by atoms with van der Waals surface area (Å²) in [5, 5.41) is 0. The second-order valence-electron chi connectivity index (χ2n) is 21.1. The molecule has 0 saturated heterocycles. The number of carbonyl (C=O) groups excluding carboxylic acids is 1. The number of fused-ring (bicyclic) bond motifs is 6. The van der Waals surface area contributed by atoms with Gasteiger partial charge < -0.3 is 4.74 Å². The van der Waals surface area contributed by atoms with Gasteiger partial charge in [-0.2, -0.15) is 0 Å². The van der Waals surface area contributed by atoms with Gasteiger partial charge in [-0.1, -0.05) is 136 Å². The van der Waals surface area contributed by atoms with E-state index in [2.05, 4.69) is 13.8 Å². The van der Waals surface area contributed by atoms with E-state index in [0.717, 1.165) is 83.9 Å². The van der Waals surface area contributed by atoms with Crippen molar-refractivity contribution in [3.05, 3.63) is 0 Å². The van der Waals surface area contributed by atoms with Gasteiger partial charge in [0.1, 0.15) is 0 Å². The number of unbranched alkanes of at least 4 members (excludes halogenated alkanes) is 12. The molecular formula is C49H84O2. The largest absolute Gasteiger partial charge is 0.465 e. The van der Waals surface area contributed by atoms with Crippen LogP contribution in [0.1, 0.15) is 213 Å². The SMILES string of the molecule is CC(C)CCCCCCCCCCCCCCCOC(=O)C1CCCC2CC3CC4CC5CC6CC7CCCCC7CC6CC5CC4CC3CC21. The zero-order valence-corrected chi connectivity index (χ0v) is 34.0. The first-order valence-corrected chi connectivity index (χ1v) is 24.2. The molecule has 0 bridgehead atoms. The molecule has 0 amide bonds. The van der Waals surface area contributed by atoms with Gasteiger partial charge in [-0.3, -0.25) is 4.79 Å². The highest BCUT2D eigenvalue weighted by Gasteiger charge is 2.52. The lowest BCUT2D eigenvalue weighted by Crippen LogP contribution is -2.48. The Labute approximate surface area is 316 Å². The Morgan fingerprint density at radius 3 is 1.27 bits per heavy atom. The first-order chi connectivity index (χ1) is 25.0. The standard InChI is InChI=1S/C49H84O2/c1-35(2)19-14-12-10-8-6-4-3-5-7-9-11-13-17-24-51-49(50)47-23-18-22-38-27-41-30-44-31-42-28-39-25-36-20-15-16-21-37(36)26-40(39)29-43(42)32-45(44)33-46(41)34-48(38)47/h35-48H,3-34H2,1-2H3. The summed E-state index contributed by atoms with van der Waals surface area (Å²) in [6.45, 7) is 5.36. The van der Waals surface area contributed by atoms with Crippen LogP contribution in [0.3, 0.4) is 0 Å². The molecule has 7 fully saturated rings. The van der Waals surface area contributed by atoms with Crippen LogP contribution in [0, 0.1) is 82.9 Å². The Balaban J connectivity index is 0.769. The zero-order valence-electron chi connectivity index (χ0n) is 34.0. The van der Waals surface area contributed by atoms with E-state index in [1.807, 2.05) is 0 Å². The number of rotatable bonds is 17.